The Morgan fingerprint density at radius 1 is 1.12 bits per heavy atom. The lowest BCUT2D eigenvalue weighted by Gasteiger charge is -2.06. The molecule has 2 aromatic rings. The number of aryl methyl sites for hydroxylation is 2. The monoisotopic (exact) mass is 345 g/mol. The lowest BCUT2D eigenvalue weighted by molar-refractivity contribution is 0.0979. The number of hydrogen-bond acceptors (Lipinski definition) is 4. The number of thiophene rings is 1. The molecule has 0 aliphatic rings. The second kappa shape index (κ2) is 8.20. The molecule has 0 atom stereocenters. The molecule has 2 heterocycles. The van der Waals surface area contributed by atoms with Crippen LogP contribution in [0.25, 0.3) is 0 Å². The van der Waals surface area contributed by atoms with E-state index in [1.165, 1.54) is 18.3 Å². The number of nitrogens with one attached hydrogen (secondary N) is 1. The lowest BCUT2D eigenvalue weighted by atomic mass is 10.0. The molecule has 0 spiro atoms. The predicted octanol–water partition coefficient (Wildman–Crippen LogP) is 4.24. The highest BCUT2D eigenvalue weighted by Crippen LogP contribution is 2.18. The van der Waals surface area contributed by atoms with Crippen molar-refractivity contribution in [2.45, 2.75) is 52.9 Å². The number of unbranched alkanes of at least 4 members (excludes halogenated alkanes) is 2. The third-order valence-corrected chi connectivity index (χ3v) is 5.12. The van der Waals surface area contributed by atoms with Gasteiger partial charge < -0.3 is 4.98 Å². The number of carbonyl (C=O) groups is 2. The second-order valence-corrected chi connectivity index (χ2v) is 7.09. The van der Waals surface area contributed by atoms with Gasteiger partial charge >= 0.3 is 0 Å². The maximum atomic E-state index is 12.1. The van der Waals surface area contributed by atoms with E-state index in [0.717, 1.165) is 42.5 Å². The summed E-state index contributed by atoms with van der Waals surface area (Å²) in [7, 11) is 0. The first-order valence-corrected chi connectivity index (χ1v) is 9.08. The third-order valence-electron chi connectivity index (χ3n) is 4.09. The number of aromatic amines is 1. The summed E-state index contributed by atoms with van der Waals surface area (Å²) in [6, 6.07) is 3.67. The van der Waals surface area contributed by atoms with Gasteiger partial charge in [-0.05, 0) is 57.7 Å². The molecule has 4 nitrogen and oxygen atoms in total. The number of ketones is 2. The highest BCUT2D eigenvalue weighted by molar-refractivity contribution is 7.12. The third kappa shape index (κ3) is 4.74. The van der Waals surface area contributed by atoms with Crippen molar-refractivity contribution in [2.24, 2.45) is 0 Å². The van der Waals surface area contributed by atoms with E-state index in [9.17, 15) is 14.4 Å². The Morgan fingerprint density at radius 3 is 2.50 bits per heavy atom. The predicted molar refractivity (Wildman–Crippen MR) is 97.4 cm³/mol. The number of H-pyrrole nitrogens is 1. The average molecular weight is 345 g/mol. The number of hydrogen-bond donors (Lipinski definition) is 1. The summed E-state index contributed by atoms with van der Waals surface area (Å²) in [5.41, 5.74) is 3.39. The maximum Gasteiger partial charge on any atom is 0.251 e. The van der Waals surface area contributed by atoms with Gasteiger partial charge in [0.05, 0.1) is 4.88 Å². The fourth-order valence-electron chi connectivity index (χ4n) is 2.77. The normalized spacial score (nSPS) is 10.8. The van der Waals surface area contributed by atoms with Crippen LogP contribution in [-0.2, 0) is 6.42 Å². The van der Waals surface area contributed by atoms with Crippen LogP contribution in [0.5, 0.6) is 0 Å². The van der Waals surface area contributed by atoms with Gasteiger partial charge in [0, 0.05) is 28.6 Å². The van der Waals surface area contributed by atoms with Crippen LogP contribution in [0.1, 0.15) is 69.5 Å². The zero-order valence-corrected chi connectivity index (χ0v) is 15.2. The van der Waals surface area contributed by atoms with Crippen LogP contribution in [0.15, 0.2) is 22.3 Å². The molecule has 24 heavy (non-hydrogen) atoms. The maximum absolute atomic E-state index is 12.1. The molecule has 0 bridgehead atoms. The Bertz CT molecular complexity index is 801. The topological polar surface area (TPSA) is 67.0 Å². The highest BCUT2D eigenvalue weighted by Gasteiger charge is 2.11. The smallest absolute Gasteiger partial charge is 0.251 e. The van der Waals surface area contributed by atoms with Gasteiger partial charge in [-0.1, -0.05) is 6.42 Å². The summed E-state index contributed by atoms with van der Waals surface area (Å²) < 4.78 is 0. The molecule has 0 aromatic carbocycles. The molecule has 0 unspecified atom stereocenters. The molecule has 0 saturated heterocycles. The molecule has 2 aromatic heterocycles. The van der Waals surface area contributed by atoms with Crippen molar-refractivity contribution in [3.8, 4) is 0 Å². The van der Waals surface area contributed by atoms with Crippen LogP contribution in [0.3, 0.4) is 0 Å². The molecule has 5 heteroatoms. The van der Waals surface area contributed by atoms with Gasteiger partial charge in [-0.3, -0.25) is 14.4 Å². The molecule has 0 aliphatic carbocycles. The van der Waals surface area contributed by atoms with E-state index in [2.05, 4.69) is 4.98 Å². The second-order valence-electron chi connectivity index (χ2n) is 6.18. The minimum atomic E-state index is -0.00209. The molecular weight excluding hydrogens is 322 g/mol. The van der Waals surface area contributed by atoms with Gasteiger partial charge in [-0.2, -0.15) is 0 Å². The highest BCUT2D eigenvalue weighted by atomic mass is 32.1. The molecule has 0 fully saturated rings. The van der Waals surface area contributed by atoms with Crippen LogP contribution in [0.2, 0.25) is 0 Å². The van der Waals surface area contributed by atoms with Crippen molar-refractivity contribution in [3.63, 3.8) is 0 Å². The molecule has 0 radical (unpaired) electrons. The van der Waals surface area contributed by atoms with Crippen LogP contribution in [0, 0.1) is 13.8 Å². The first-order chi connectivity index (χ1) is 11.4. The Morgan fingerprint density at radius 2 is 1.88 bits per heavy atom. The van der Waals surface area contributed by atoms with E-state index in [4.69, 9.17) is 0 Å². The summed E-state index contributed by atoms with van der Waals surface area (Å²) in [6.07, 6.45) is 3.82. The molecule has 1 N–H and O–H groups in total. The minimum absolute atomic E-state index is 0.00129. The Labute approximate surface area is 145 Å². The van der Waals surface area contributed by atoms with E-state index in [-0.39, 0.29) is 17.1 Å². The molecule has 0 aliphatic heterocycles. The van der Waals surface area contributed by atoms with Gasteiger partial charge in [0.1, 0.15) is 0 Å². The molecule has 0 saturated carbocycles. The van der Waals surface area contributed by atoms with Crippen molar-refractivity contribution >= 4 is 22.9 Å². The van der Waals surface area contributed by atoms with E-state index >= 15 is 0 Å². The van der Waals surface area contributed by atoms with E-state index in [0.29, 0.717) is 16.9 Å². The summed E-state index contributed by atoms with van der Waals surface area (Å²) in [4.78, 5) is 38.8. The molecular formula is C19H23NO3S. The van der Waals surface area contributed by atoms with Crippen molar-refractivity contribution in [2.75, 3.05) is 0 Å². The fraction of sp³-hybridized carbons (Fsp3) is 0.421. The lowest BCUT2D eigenvalue weighted by Crippen LogP contribution is -2.15. The molecule has 0 amide bonds. The van der Waals surface area contributed by atoms with Gasteiger partial charge in [-0.25, -0.2) is 0 Å². The average Bonchev–Trinajstić information content (AvgIpc) is 2.99. The van der Waals surface area contributed by atoms with Gasteiger partial charge in [-0.15, -0.1) is 11.3 Å². The Kier molecular flexibility index (Phi) is 6.26. The van der Waals surface area contributed by atoms with Crippen molar-refractivity contribution in [3.05, 3.63) is 55.1 Å². The number of rotatable bonds is 8. The van der Waals surface area contributed by atoms with Crippen molar-refractivity contribution < 1.29 is 9.59 Å². The summed E-state index contributed by atoms with van der Waals surface area (Å²) in [5.74, 6) is 0.0841. The number of aromatic nitrogens is 1. The van der Waals surface area contributed by atoms with Gasteiger partial charge in [0.15, 0.2) is 11.6 Å². The van der Waals surface area contributed by atoms with Crippen molar-refractivity contribution in [1.29, 1.82) is 0 Å². The zero-order valence-electron chi connectivity index (χ0n) is 14.4. The van der Waals surface area contributed by atoms with Gasteiger partial charge in [0.2, 0.25) is 0 Å². The summed E-state index contributed by atoms with van der Waals surface area (Å²) >= 11 is 1.32. The number of Topliss-reactive ketones (excluding diaryl/α,β-unsaturated/α-hetero) is 2. The first kappa shape index (κ1) is 18.3. The van der Waals surface area contributed by atoms with E-state index < -0.39 is 0 Å². The van der Waals surface area contributed by atoms with Gasteiger partial charge in [0.25, 0.3) is 5.56 Å². The molecule has 128 valence electrons. The van der Waals surface area contributed by atoms with Crippen LogP contribution >= 0.6 is 11.3 Å². The largest absolute Gasteiger partial charge is 0.326 e. The SMILES string of the molecule is CC(=O)c1cc(C(=O)CCCCCc2c(C)cc(C)[nH]c2=O)cs1. The fourth-order valence-corrected chi connectivity index (χ4v) is 3.58. The number of pyridine rings is 1. The Balaban J connectivity index is 1.78. The van der Waals surface area contributed by atoms with Crippen LogP contribution in [-0.4, -0.2) is 16.6 Å². The number of carbonyl (C=O) groups excluding carboxylic acids is 2. The minimum Gasteiger partial charge on any atom is -0.326 e. The summed E-state index contributed by atoms with van der Waals surface area (Å²) in [6.45, 7) is 5.35. The first-order valence-electron chi connectivity index (χ1n) is 8.20. The summed E-state index contributed by atoms with van der Waals surface area (Å²) in [5, 5.41) is 1.76. The van der Waals surface area contributed by atoms with E-state index in [1.807, 2.05) is 19.9 Å². The quantitative estimate of drug-likeness (QED) is 0.575. The zero-order chi connectivity index (χ0) is 17.7. The Hall–Kier alpha value is -2.01. The molecule has 2 rings (SSSR count). The van der Waals surface area contributed by atoms with E-state index in [1.54, 1.807) is 11.4 Å². The van der Waals surface area contributed by atoms with Crippen LogP contribution < -0.4 is 5.56 Å². The van der Waals surface area contributed by atoms with Crippen molar-refractivity contribution in [1.82, 2.24) is 4.98 Å². The standard InChI is InChI=1S/C19H23NO3S/c1-12-9-13(2)20-19(23)16(12)7-5-4-6-8-17(22)15-10-18(14(3)21)24-11-15/h9-11H,4-8H2,1-3H3,(H,20,23). The van der Waals surface area contributed by atoms with Crippen LogP contribution in [0.4, 0.5) is 0 Å².